The molecule has 0 aromatic carbocycles. The molecule has 2 heterocycles. The average Bonchev–Trinajstić information content (AvgIpc) is 2.61. The van der Waals surface area contributed by atoms with E-state index in [1.165, 1.54) is 32.1 Å². The SMILES string of the molecule is O=C(CC1CCCCC1)Nc1ncnc2c1CCN(CCCO)C2. The van der Waals surface area contributed by atoms with E-state index in [4.69, 9.17) is 5.11 Å². The molecule has 0 radical (unpaired) electrons. The molecule has 0 spiro atoms. The molecule has 1 aromatic rings. The molecule has 3 rings (SSSR count). The number of carbonyl (C=O) groups excluding carboxylic acids is 1. The maximum atomic E-state index is 12.4. The standard InChI is InChI=1S/C18H28N4O2/c23-10-4-8-22-9-7-15-16(12-22)19-13-20-18(15)21-17(24)11-14-5-2-1-3-6-14/h13-14,23H,1-12H2,(H,19,20,21,24). The monoisotopic (exact) mass is 332 g/mol. The predicted molar refractivity (Wildman–Crippen MR) is 92.5 cm³/mol. The van der Waals surface area contributed by atoms with Crippen molar-refractivity contribution in [2.75, 3.05) is 25.0 Å². The molecular formula is C18H28N4O2. The van der Waals surface area contributed by atoms with Crippen LogP contribution in [0.5, 0.6) is 0 Å². The first-order valence-corrected chi connectivity index (χ1v) is 9.22. The zero-order chi connectivity index (χ0) is 16.8. The van der Waals surface area contributed by atoms with E-state index >= 15 is 0 Å². The lowest BCUT2D eigenvalue weighted by Gasteiger charge is -2.28. The van der Waals surface area contributed by atoms with Gasteiger partial charge in [0.1, 0.15) is 12.1 Å². The van der Waals surface area contributed by atoms with Gasteiger partial charge in [0.05, 0.1) is 5.69 Å². The second kappa shape index (κ2) is 8.53. The van der Waals surface area contributed by atoms with Gasteiger partial charge in [0.2, 0.25) is 5.91 Å². The van der Waals surface area contributed by atoms with Gasteiger partial charge in [-0.15, -0.1) is 0 Å². The Bertz CT molecular complexity index is 558. The van der Waals surface area contributed by atoms with E-state index in [0.29, 0.717) is 18.2 Å². The Balaban J connectivity index is 1.59. The number of fused-ring (bicyclic) bond motifs is 1. The van der Waals surface area contributed by atoms with Gasteiger partial charge in [-0.2, -0.15) is 0 Å². The van der Waals surface area contributed by atoms with Crippen molar-refractivity contribution in [2.45, 2.75) is 57.9 Å². The van der Waals surface area contributed by atoms with Crippen LogP contribution in [0.15, 0.2) is 6.33 Å². The zero-order valence-corrected chi connectivity index (χ0v) is 14.3. The van der Waals surface area contributed by atoms with E-state index in [1.807, 2.05) is 0 Å². The Morgan fingerprint density at radius 1 is 1.29 bits per heavy atom. The highest BCUT2D eigenvalue weighted by atomic mass is 16.3. The topological polar surface area (TPSA) is 78.4 Å². The van der Waals surface area contributed by atoms with Gasteiger partial charge in [0, 0.05) is 38.2 Å². The van der Waals surface area contributed by atoms with Crippen molar-refractivity contribution in [3.05, 3.63) is 17.6 Å². The van der Waals surface area contributed by atoms with Gasteiger partial charge in [-0.05, 0) is 31.6 Å². The number of aliphatic hydroxyl groups excluding tert-OH is 1. The lowest BCUT2D eigenvalue weighted by molar-refractivity contribution is -0.117. The van der Waals surface area contributed by atoms with Crippen molar-refractivity contribution in [1.82, 2.24) is 14.9 Å². The van der Waals surface area contributed by atoms with E-state index in [9.17, 15) is 4.79 Å². The molecule has 0 bridgehead atoms. The maximum absolute atomic E-state index is 12.4. The molecule has 6 heteroatoms. The Labute approximate surface area is 143 Å². The van der Waals surface area contributed by atoms with E-state index in [-0.39, 0.29) is 12.5 Å². The van der Waals surface area contributed by atoms with Gasteiger partial charge in [0.25, 0.3) is 0 Å². The number of carbonyl (C=O) groups is 1. The van der Waals surface area contributed by atoms with Crippen molar-refractivity contribution in [2.24, 2.45) is 5.92 Å². The van der Waals surface area contributed by atoms with Crippen molar-refractivity contribution in [1.29, 1.82) is 0 Å². The summed E-state index contributed by atoms with van der Waals surface area (Å²) in [6.07, 6.45) is 9.96. The Morgan fingerprint density at radius 2 is 2.12 bits per heavy atom. The second-order valence-electron chi connectivity index (χ2n) is 7.01. The molecule has 1 amide bonds. The number of aromatic nitrogens is 2. The van der Waals surface area contributed by atoms with Crippen LogP contribution >= 0.6 is 0 Å². The van der Waals surface area contributed by atoms with Crippen molar-refractivity contribution in [3.63, 3.8) is 0 Å². The van der Waals surface area contributed by atoms with E-state index in [2.05, 4.69) is 20.2 Å². The number of rotatable bonds is 6. The quantitative estimate of drug-likeness (QED) is 0.834. The van der Waals surface area contributed by atoms with Crippen molar-refractivity contribution >= 4 is 11.7 Å². The third-order valence-electron chi connectivity index (χ3n) is 5.18. The Morgan fingerprint density at radius 3 is 2.92 bits per heavy atom. The summed E-state index contributed by atoms with van der Waals surface area (Å²) in [5.41, 5.74) is 2.08. The van der Waals surface area contributed by atoms with Gasteiger partial charge >= 0.3 is 0 Å². The van der Waals surface area contributed by atoms with Crippen LogP contribution in [0.3, 0.4) is 0 Å². The van der Waals surface area contributed by atoms with Crippen LogP contribution in [0.25, 0.3) is 0 Å². The largest absolute Gasteiger partial charge is 0.396 e. The molecule has 0 unspecified atom stereocenters. The normalized spacial score (nSPS) is 19.0. The first-order valence-electron chi connectivity index (χ1n) is 9.22. The van der Waals surface area contributed by atoms with Crippen molar-refractivity contribution < 1.29 is 9.90 Å². The highest BCUT2D eigenvalue weighted by molar-refractivity contribution is 5.90. The fraction of sp³-hybridized carbons (Fsp3) is 0.722. The average molecular weight is 332 g/mol. The highest BCUT2D eigenvalue weighted by Gasteiger charge is 2.22. The molecule has 0 saturated heterocycles. The minimum atomic E-state index is 0.0884. The predicted octanol–water partition coefficient (Wildman–Crippen LogP) is 2.13. The second-order valence-corrected chi connectivity index (χ2v) is 7.01. The third-order valence-corrected chi connectivity index (χ3v) is 5.18. The molecule has 24 heavy (non-hydrogen) atoms. The van der Waals surface area contributed by atoms with Crippen LogP contribution in [-0.2, 0) is 17.8 Å². The van der Waals surface area contributed by atoms with Crippen LogP contribution in [0.2, 0.25) is 0 Å². The van der Waals surface area contributed by atoms with Crippen molar-refractivity contribution in [3.8, 4) is 0 Å². The van der Waals surface area contributed by atoms with Crippen LogP contribution < -0.4 is 5.32 Å². The number of amides is 1. The van der Waals surface area contributed by atoms with Crippen LogP contribution in [-0.4, -0.2) is 45.6 Å². The lowest BCUT2D eigenvalue weighted by Crippen LogP contribution is -2.33. The molecule has 0 atom stereocenters. The summed E-state index contributed by atoms with van der Waals surface area (Å²) in [5, 5.41) is 12.0. The molecule has 1 aliphatic heterocycles. The minimum Gasteiger partial charge on any atom is -0.396 e. The summed E-state index contributed by atoms with van der Waals surface area (Å²) in [6.45, 7) is 2.79. The molecule has 1 aliphatic carbocycles. The molecular weight excluding hydrogens is 304 g/mol. The third kappa shape index (κ3) is 4.51. The van der Waals surface area contributed by atoms with Crippen LogP contribution in [0.1, 0.15) is 56.2 Å². The summed E-state index contributed by atoms with van der Waals surface area (Å²) in [5.74, 6) is 1.32. The van der Waals surface area contributed by atoms with E-state index in [0.717, 1.165) is 43.7 Å². The molecule has 1 aromatic heterocycles. The van der Waals surface area contributed by atoms with E-state index < -0.39 is 0 Å². The molecule has 2 N–H and O–H groups in total. The first-order chi connectivity index (χ1) is 11.8. The molecule has 1 fully saturated rings. The van der Waals surface area contributed by atoms with Gasteiger partial charge in [-0.25, -0.2) is 9.97 Å². The van der Waals surface area contributed by atoms with Crippen LogP contribution in [0.4, 0.5) is 5.82 Å². The van der Waals surface area contributed by atoms with Gasteiger partial charge < -0.3 is 10.4 Å². The van der Waals surface area contributed by atoms with E-state index in [1.54, 1.807) is 6.33 Å². The maximum Gasteiger partial charge on any atom is 0.225 e. The summed E-state index contributed by atoms with van der Waals surface area (Å²) in [4.78, 5) is 23.4. The fourth-order valence-electron chi connectivity index (χ4n) is 3.84. The van der Waals surface area contributed by atoms with Gasteiger partial charge in [-0.3, -0.25) is 9.69 Å². The Hall–Kier alpha value is -1.53. The Kier molecular flexibility index (Phi) is 6.15. The number of nitrogens with zero attached hydrogens (tertiary/aromatic N) is 3. The van der Waals surface area contributed by atoms with Gasteiger partial charge in [-0.1, -0.05) is 19.3 Å². The number of nitrogens with one attached hydrogen (secondary N) is 1. The van der Waals surface area contributed by atoms with Crippen LogP contribution in [0, 0.1) is 5.92 Å². The van der Waals surface area contributed by atoms with Gasteiger partial charge in [0.15, 0.2) is 0 Å². The number of aliphatic hydroxyl groups is 1. The summed E-state index contributed by atoms with van der Waals surface area (Å²) in [7, 11) is 0. The molecule has 6 nitrogen and oxygen atoms in total. The number of hydrogen-bond acceptors (Lipinski definition) is 5. The number of anilines is 1. The number of hydrogen-bond donors (Lipinski definition) is 2. The minimum absolute atomic E-state index is 0.0884. The molecule has 2 aliphatic rings. The lowest BCUT2D eigenvalue weighted by atomic mass is 9.87. The highest BCUT2D eigenvalue weighted by Crippen LogP contribution is 2.27. The summed E-state index contributed by atoms with van der Waals surface area (Å²) < 4.78 is 0. The fourth-order valence-corrected chi connectivity index (χ4v) is 3.84. The summed E-state index contributed by atoms with van der Waals surface area (Å²) in [6, 6.07) is 0. The first kappa shape index (κ1) is 17.3. The molecule has 1 saturated carbocycles. The summed E-state index contributed by atoms with van der Waals surface area (Å²) >= 11 is 0. The zero-order valence-electron chi connectivity index (χ0n) is 14.3. The molecule has 132 valence electrons. The smallest absolute Gasteiger partial charge is 0.225 e.